The lowest BCUT2D eigenvalue weighted by atomic mass is 10.0. The molecule has 0 spiro atoms. The van der Waals surface area contributed by atoms with E-state index in [0.717, 1.165) is 44.1 Å². The summed E-state index contributed by atoms with van der Waals surface area (Å²) in [6.45, 7) is 8.01. The Kier molecular flexibility index (Phi) is 6.63. The highest BCUT2D eigenvalue weighted by atomic mass is 32.2. The number of benzene rings is 1. The second-order valence-electron chi connectivity index (χ2n) is 9.85. The number of rotatable bonds is 5. The summed E-state index contributed by atoms with van der Waals surface area (Å²) >= 11 is 0. The van der Waals surface area contributed by atoms with Gasteiger partial charge in [-0.1, -0.05) is 6.92 Å². The first kappa shape index (κ1) is 23.2. The number of piperidine rings is 2. The van der Waals surface area contributed by atoms with Crippen molar-refractivity contribution in [2.24, 2.45) is 11.8 Å². The topological polar surface area (TPSA) is 86.8 Å². The number of nitrogens with zero attached hydrogens (tertiary/aromatic N) is 2. The molecular weight excluding hydrogens is 426 g/mol. The van der Waals surface area contributed by atoms with Crippen molar-refractivity contribution in [3.05, 3.63) is 28.8 Å². The van der Waals surface area contributed by atoms with E-state index in [9.17, 15) is 18.0 Å². The van der Waals surface area contributed by atoms with Gasteiger partial charge < -0.3 is 10.2 Å². The number of hydrogen-bond donors (Lipinski definition) is 1. The van der Waals surface area contributed by atoms with Crippen LogP contribution in [0, 0.1) is 25.7 Å². The Bertz CT molecular complexity index is 987. The molecule has 2 aliphatic heterocycles. The van der Waals surface area contributed by atoms with Gasteiger partial charge in [-0.25, -0.2) is 8.42 Å². The van der Waals surface area contributed by atoms with Crippen LogP contribution in [0.15, 0.2) is 17.0 Å². The first-order chi connectivity index (χ1) is 15.2. The number of sulfonamides is 1. The van der Waals surface area contributed by atoms with E-state index in [4.69, 9.17) is 0 Å². The number of aryl methyl sites for hydroxylation is 1. The third kappa shape index (κ3) is 4.86. The molecule has 32 heavy (non-hydrogen) atoms. The molecule has 1 aliphatic carbocycles. The number of nitrogens with one attached hydrogen (secondary N) is 1. The SMILES string of the molecule is Cc1cc(C(=O)N2CCC(NC(=O)C3CC3)CC2)cc(S(=O)(=O)N2CCC(C)CC2)c1C. The number of carbonyl (C=O) groups is 2. The minimum Gasteiger partial charge on any atom is -0.353 e. The third-order valence-electron chi connectivity index (χ3n) is 7.30. The van der Waals surface area contributed by atoms with Crippen LogP contribution < -0.4 is 5.32 Å². The quantitative estimate of drug-likeness (QED) is 0.731. The molecule has 2 heterocycles. The summed E-state index contributed by atoms with van der Waals surface area (Å²) in [6.07, 6.45) is 5.15. The molecule has 1 aromatic carbocycles. The van der Waals surface area contributed by atoms with Crippen LogP contribution in [0.2, 0.25) is 0 Å². The molecule has 0 atom stereocenters. The first-order valence-electron chi connectivity index (χ1n) is 11.9. The summed E-state index contributed by atoms with van der Waals surface area (Å²) in [4.78, 5) is 27.3. The Morgan fingerprint density at radius 3 is 2.16 bits per heavy atom. The lowest BCUT2D eigenvalue weighted by Crippen LogP contribution is -2.47. The van der Waals surface area contributed by atoms with Gasteiger partial charge in [0.05, 0.1) is 4.90 Å². The number of amides is 2. The highest BCUT2D eigenvalue weighted by molar-refractivity contribution is 7.89. The molecule has 1 saturated carbocycles. The largest absolute Gasteiger partial charge is 0.353 e. The van der Waals surface area contributed by atoms with Crippen LogP contribution in [-0.4, -0.2) is 61.7 Å². The number of hydrogen-bond acceptors (Lipinski definition) is 4. The molecule has 0 bridgehead atoms. The fourth-order valence-electron chi connectivity index (χ4n) is 4.66. The molecule has 3 fully saturated rings. The molecule has 3 aliphatic rings. The second kappa shape index (κ2) is 9.14. The highest BCUT2D eigenvalue weighted by Crippen LogP contribution is 2.30. The van der Waals surface area contributed by atoms with E-state index in [1.807, 2.05) is 13.8 Å². The Morgan fingerprint density at radius 1 is 0.938 bits per heavy atom. The third-order valence-corrected chi connectivity index (χ3v) is 9.33. The normalized spacial score (nSPS) is 21.5. The lowest BCUT2D eigenvalue weighted by Gasteiger charge is -2.33. The van der Waals surface area contributed by atoms with Crippen molar-refractivity contribution in [2.45, 2.75) is 70.2 Å². The summed E-state index contributed by atoms with van der Waals surface area (Å²) < 4.78 is 28.3. The Morgan fingerprint density at radius 2 is 1.56 bits per heavy atom. The van der Waals surface area contributed by atoms with Gasteiger partial charge in [0.25, 0.3) is 5.91 Å². The monoisotopic (exact) mass is 461 g/mol. The van der Waals surface area contributed by atoms with Crippen molar-refractivity contribution >= 4 is 21.8 Å². The van der Waals surface area contributed by atoms with E-state index < -0.39 is 10.0 Å². The van der Waals surface area contributed by atoms with Crippen molar-refractivity contribution in [3.8, 4) is 0 Å². The molecule has 176 valence electrons. The van der Waals surface area contributed by atoms with Gasteiger partial charge in [0, 0.05) is 43.7 Å². The van der Waals surface area contributed by atoms with E-state index in [-0.39, 0.29) is 28.7 Å². The van der Waals surface area contributed by atoms with Gasteiger partial charge in [-0.15, -0.1) is 0 Å². The molecular formula is C24H35N3O4S. The Hall–Kier alpha value is -1.93. The molecule has 0 radical (unpaired) electrons. The maximum absolute atomic E-state index is 13.4. The fourth-order valence-corrected chi connectivity index (χ4v) is 6.45. The highest BCUT2D eigenvalue weighted by Gasteiger charge is 2.33. The van der Waals surface area contributed by atoms with Crippen LogP contribution >= 0.6 is 0 Å². The maximum Gasteiger partial charge on any atom is 0.253 e. The van der Waals surface area contributed by atoms with Crippen molar-refractivity contribution < 1.29 is 18.0 Å². The van der Waals surface area contributed by atoms with Gasteiger partial charge >= 0.3 is 0 Å². The molecule has 7 nitrogen and oxygen atoms in total. The molecule has 1 N–H and O–H groups in total. The van der Waals surface area contributed by atoms with Crippen LogP contribution in [0.5, 0.6) is 0 Å². The summed E-state index contributed by atoms with van der Waals surface area (Å²) in [6, 6.07) is 3.49. The summed E-state index contributed by atoms with van der Waals surface area (Å²) in [5.41, 5.74) is 1.95. The molecule has 2 amide bonds. The molecule has 1 aromatic rings. The minimum absolute atomic E-state index is 0.115. The fraction of sp³-hybridized carbons (Fsp3) is 0.667. The van der Waals surface area contributed by atoms with Crippen molar-refractivity contribution in [1.82, 2.24) is 14.5 Å². The summed E-state index contributed by atoms with van der Waals surface area (Å²) in [5.74, 6) is 0.734. The van der Waals surface area contributed by atoms with Crippen molar-refractivity contribution in [3.63, 3.8) is 0 Å². The van der Waals surface area contributed by atoms with Gasteiger partial charge in [-0.05, 0) is 81.5 Å². The van der Waals surface area contributed by atoms with Crippen LogP contribution in [-0.2, 0) is 14.8 Å². The predicted molar refractivity (Wildman–Crippen MR) is 123 cm³/mol. The zero-order valence-electron chi connectivity index (χ0n) is 19.4. The van der Waals surface area contributed by atoms with Crippen LogP contribution in [0.4, 0.5) is 0 Å². The van der Waals surface area contributed by atoms with Gasteiger partial charge in [0.1, 0.15) is 0 Å². The van der Waals surface area contributed by atoms with E-state index in [1.54, 1.807) is 21.3 Å². The molecule has 8 heteroatoms. The molecule has 0 aromatic heterocycles. The average molecular weight is 462 g/mol. The summed E-state index contributed by atoms with van der Waals surface area (Å²) in [7, 11) is -3.63. The van der Waals surface area contributed by atoms with E-state index in [1.165, 1.54) is 0 Å². The van der Waals surface area contributed by atoms with Crippen molar-refractivity contribution in [1.29, 1.82) is 0 Å². The van der Waals surface area contributed by atoms with Crippen molar-refractivity contribution in [2.75, 3.05) is 26.2 Å². The van der Waals surface area contributed by atoms with Gasteiger partial charge in [0.2, 0.25) is 15.9 Å². The van der Waals surface area contributed by atoms with Crippen LogP contribution in [0.25, 0.3) is 0 Å². The van der Waals surface area contributed by atoms with E-state index in [2.05, 4.69) is 12.2 Å². The molecule has 0 unspecified atom stereocenters. The minimum atomic E-state index is -3.63. The average Bonchev–Trinajstić information content (AvgIpc) is 3.61. The smallest absolute Gasteiger partial charge is 0.253 e. The van der Waals surface area contributed by atoms with Crippen LogP contribution in [0.3, 0.4) is 0 Å². The molecule has 2 saturated heterocycles. The predicted octanol–water partition coefficient (Wildman–Crippen LogP) is 2.85. The van der Waals surface area contributed by atoms with E-state index in [0.29, 0.717) is 43.2 Å². The number of carbonyl (C=O) groups excluding carboxylic acids is 2. The van der Waals surface area contributed by atoms with Gasteiger partial charge in [-0.2, -0.15) is 4.31 Å². The summed E-state index contributed by atoms with van der Waals surface area (Å²) in [5, 5.41) is 3.10. The Labute approximate surface area is 191 Å². The zero-order valence-corrected chi connectivity index (χ0v) is 20.2. The lowest BCUT2D eigenvalue weighted by molar-refractivity contribution is -0.123. The van der Waals surface area contributed by atoms with Crippen LogP contribution in [0.1, 0.15) is 66.9 Å². The second-order valence-corrected chi connectivity index (χ2v) is 11.8. The van der Waals surface area contributed by atoms with Gasteiger partial charge in [-0.3, -0.25) is 9.59 Å². The standard InChI is InChI=1S/C24H35N3O4S/c1-16-6-12-27(13-7-16)32(30,31)22-15-20(14-17(2)18(22)3)24(29)26-10-8-21(9-11-26)25-23(28)19-4-5-19/h14-16,19,21H,4-13H2,1-3H3,(H,25,28). The Balaban J connectivity index is 1.47. The number of likely N-dealkylation sites (tertiary alicyclic amines) is 1. The zero-order chi connectivity index (χ0) is 23.0. The first-order valence-corrected chi connectivity index (χ1v) is 13.3. The van der Waals surface area contributed by atoms with Gasteiger partial charge in [0.15, 0.2) is 0 Å². The maximum atomic E-state index is 13.4. The molecule has 4 rings (SSSR count). The van der Waals surface area contributed by atoms with E-state index >= 15 is 0 Å².